The molecule has 0 saturated heterocycles. The zero-order valence-corrected chi connectivity index (χ0v) is 9.42. The molecule has 5 heteroatoms. The van der Waals surface area contributed by atoms with Gasteiger partial charge in [0, 0.05) is 11.8 Å². The Morgan fingerprint density at radius 1 is 1.06 bits per heavy atom. The van der Waals surface area contributed by atoms with Crippen LogP contribution < -0.4 is 0 Å². The second-order valence-corrected chi connectivity index (χ2v) is 3.89. The van der Waals surface area contributed by atoms with Crippen LogP contribution in [0.5, 0.6) is 0 Å². The van der Waals surface area contributed by atoms with E-state index in [9.17, 15) is 17.6 Å². The predicted octanol–water partition coefficient (Wildman–Crippen LogP) is 4.21. The van der Waals surface area contributed by atoms with Crippen LogP contribution in [0.3, 0.4) is 0 Å². The van der Waals surface area contributed by atoms with Crippen LogP contribution in [-0.2, 0) is 6.18 Å². The van der Waals surface area contributed by atoms with Crippen LogP contribution in [0.15, 0.2) is 36.5 Å². The first-order valence-electron chi connectivity index (χ1n) is 5.18. The van der Waals surface area contributed by atoms with Gasteiger partial charge < -0.3 is 0 Å². The summed E-state index contributed by atoms with van der Waals surface area (Å²) >= 11 is 0. The van der Waals surface area contributed by atoms with Gasteiger partial charge in [0.2, 0.25) is 0 Å². The van der Waals surface area contributed by atoms with Gasteiger partial charge in [-0.25, -0.2) is 4.39 Å². The maximum atomic E-state index is 12.9. The van der Waals surface area contributed by atoms with Gasteiger partial charge in [-0.05, 0) is 42.8 Å². The number of aromatic nitrogens is 1. The first kappa shape index (κ1) is 12.5. The van der Waals surface area contributed by atoms with E-state index in [0.717, 1.165) is 12.3 Å². The minimum atomic E-state index is -4.40. The van der Waals surface area contributed by atoms with Crippen LogP contribution in [0.25, 0.3) is 11.3 Å². The molecule has 1 aromatic heterocycles. The summed E-state index contributed by atoms with van der Waals surface area (Å²) in [5.74, 6) is -0.386. The van der Waals surface area contributed by atoms with E-state index in [0.29, 0.717) is 16.8 Å². The Labute approximate surface area is 101 Å². The van der Waals surface area contributed by atoms with Crippen LogP contribution in [0.2, 0.25) is 0 Å². The van der Waals surface area contributed by atoms with Crippen LogP contribution >= 0.6 is 0 Å². The zero-order valence-electron chi connectivity index (χ0n) is 9.42. The fourth-order valence-electron chi connectivity index (χ4n) is 1.64. The number of alkyl halides is 3. The third-order valence-electron chi connectivity index (χ3n) is 2.56. The lowest BCUT2D eigenvalue weighted by molar-refractivity contribution is -0.137. The Kier molecular flexibility index (Phi) is 3.07. The molecule has 0 saturated carbocycles. The molecule has 0 amide bonds. The van der Waals surface area contributed by atoms with E-state index in [-0.39, 0.29) is 5.82 Å². The number of benzene rings is 1. The maximum absolute atomic E-state index is 12.9. The third-order valence-corrected chi connectivity index (χ3v) is 2.56. The molecule has 1 nitrogen and oxygen atoms in total. The summed E-state index contributed by atoms with van der Waals surface area (Å²) in [5, 5.41) is 0. The quantitative estimate of drug-likeness (QED) is 0.695. The fraction of sp³-hybridized carbons (Fsp3) is 0.154. The van der Waals surface area contributed by atoms with E-state index >= 15 is 0 Å². The Morgan fingerprint density at radius 3 is 2.28 bits per heavy atom. The van der Waals surface area contributed by atoms with Gasteiger partial charge in [0.05, 0.1) is 11.3 Å². The lowest BCUT2D eigenvalue weighted by Gasteiger charge is -2.08. The number of hydrogen-bond acceptors (Lipinski definition) is 1. The first-order chi connectivity index (χ1) is 8.38. The molecule has 0 bridgehead atoms. The molecule has 18 heavy (non-hydrogen) atoms. The molecule has 94 valence electrons. The number of halogens is 4. The molecule has 0 fully saturated rings. The average molecular weight is 255 g/mol. The monoisotopic (exact) mass is 255 g/mol. The highest BCUT2D eigenvalue weighted by atomic mass is 19.4. The molecule has 1 aromatic carbocycles. The molecule has 0 aliphatic carbocycles. The van der Waals surface area contributed by atoms with Crippen LogP contribution in [0, 0.1) is 12.7 Å². The second-order valence-electron chi connectivity index (χ2n) is 3.89. The van der Waals surface area contributed by atoms with E-state index in [1.807, 2.05) is 0 Å². The lowest BCUT2D eigenvalue weighted by atomic mass is 10.0. The molecule has 0 atom stereocenters. The summed E-state index contributed by atoms with van der Waals surface area (Å²) in [4.78, 5) is 3.76. The van der Waals surface area contributed by atoms with Crippen LogP contribution in [-0.4, -0.2) is 4.98 Å². The Bertz CT molecular complexity index is 558. The lowest BCUT2D eigenvalue weighted by Crippen LogP contribution is -2.05. The highest BCUT2D eigenvalue weighted by Crippen LogP contribution is 2.30. The normalized spacial score (nSPS) is 11.6. The van der Waals surface area contributed by atoms with Crippen LogP contribution in [0.4, 0.5) is 17.6 Å². The average Bonchev–Trinajstić information content (AvgIpc) is 2.28. The summed E-state index contributed by atoms with van der Waals surface area (Å²) in [7, 11) is 0. The molecule has 0 unspecified atom stereocenters. The van der Waals surface area contributed by atoms with E-state index < -0.39 is 11.7 Å². The summed E-state index contributed by atoms with van der Waals surface area (Å²) in [6, 6.07) is 6.31. The number of nitrogens with zero attached hydrogens (tertiary/aromatic N) is 1. The number of hydrogen-bond donors (Lipinski definition) is 0. The van der Waals surface area contributed by atoms with Crippen molar-refractivity contribution in [3.8, 4) is 11.3 Å². The van der Waals surface area contributed by atoms with Gasteiger partial charge >= 0.3 is 6.18 Å². The first-order valence-corrected chi connectivity index (χ1v) is 5.18. The number of aryl methyl sites for hydroxylation is 1. The van der Waals surface area contributed by atoms with Gasteiger partial charge in [-0.15, -0.1) is 0 Å². The molecular formula is C13H9F4N. The Balaban J connectivity index is 2.41. The number of pyridine rings is 1. The minimum absolute atomic E-state index is 0.386. The van der Waals surface area contributed by atoms with Gasteiger partial charge in [0.1, 0.15) is 5.82 Å². The molecule has 0 radical (unpaired) electrons. The van der Waals surface area contributed by atoms with Gasteiger partial charge in [-0.1, -0.05) is 0 Å². The second kappa shape index (κ2) is 4.40. The van der Waals surface area contributed by atoms with Crippen molar-refractivity contribution in [2.24, 2.45) is 0 Å². The maximum Gasteiger partial charge on any atom is 0.417 e. The molecule has 2 aromatic rings. The summed E-state index contributed by atoms with van der Waals surface area (Å²) < 4.78 is 50.0. The van der Waals surface area contributed by atoms with Crippen molar-refractivity contribution in [1.82, 2.24) is 4.98 Å². The molecule has 2 rings (SSSR count). The summed E-state index contributed by atoms with van der Waals surface area (Å²) in [5.41, 5.74) is 0.832. The van der Waals surface area contributed by atoms with Crippen molar-refractivity contribution >= 4 is 0 Å². The standard InChI is InChI=1S/C13H9F4N/c1-8-6-10(14)3-4-11(8)12-5-2-9(7-18-12)13(15,16)17/h2-7H,1H3. The highest BCUT2D eigenvalue weighted by Gasteiger charge is 2.30. The predicted molar refractivity (Wildman–Crippen MR) is 59.4 cm³/mol. The topological polar surface area (TPSA) is 12.9 Å². The molecule has 0 N–H and O–H groups in total. The largest absolute Gasteiger partial charge is 0.417 e. The van der Waals surface area contributed by atoms with Gasteiger partial charge in [0.15, 0.2) is 0 Å². The Morgan fingerprint density at radius 2 is 1.78 bits per heavy atom. The molecule has 0 aliphatic heterocycles. The van der Waals surface area contributed by atoms with E-state index in [2.05, 4.69) is 4.98 Å². The summed E-state index contributed by atoms with van der Waals surface area (Å²) in [6.45, 7) is 1.68. The van der Waals surface area contributed by atoms with Crippen molar-refractivity contribution in [1.29, 1.82) is 0 Å². The number of rotatable bonds is 1. The van der Waals surface area contributed by atoms with Crippen molar-refractivity contribution in [3.05, 3.63) is 53.5 Å². The van der Waals surface area contributed by atoms with Crippen molar-refractivity contribution in [3.63, 3.8) is 0 Å². The third kappa shape index (κ3) is 2.50. The van der Waals surface area contributed by atoms with Crippen molar-refractivity contribution < 1.29 is 17.6 Å². The fourth-order valence-corrected chi connectivity index (χ4v) is 1.64. The SMILES string of the molecule is Cc1cc(F)ccc1-c1ccc(C(F)(F)F)cn1. The zero-order chi connectivity index (χ0) is 13.3. The van der Waals surface area contributed by atoms with Gasteiger partial charge in [-0.2, -0.15) is 13.2 Å². The van der Waals surface area contributed by atoms with Crippen molar-refractivity contribution in [2.45, 2.75) is 13.1 Å². The molecular weight excluding hydrogens is 246 g/mol. The Hall–Kier alpha value is -1.91. The molecule has 0 spiro atoms. The van der Waals surface area contributed by atoms with Crippen molar-refractivity contribution in [2.75, 3.05) is 0 Å². The molecule has 1 heterocycles. The van der Waals surface area contributed by atoms with E-state index in [4.69, 9.17) is 0 Å². The highest BCUT2D eigenvalue weighted by molar-refractivity contribution is 5.63. The minimum Gasteiger partial charge on any atom is -0.256 e. The van der Waals surface area contributed by atoms with Crippen LogP contribution in [0.1, 0.15) is 11.1 Å². The molecule has 0 aliphatic rings. The van der Waals surface area contributed by atoms with Gasteiger partial charge in [0.25, 0.3) is 0 Å². The summed E-state index contributed by atoms with van der Waals surface area (Å²) in [6.07, 6.45) is -3.62. The van der Waals surface area contributed by atoms with E-state index in [1.165, 1.54) is 24.3 Å². The van der Waals surface area contributed by atoms with E-state index in [1.54, 1.807) is 6.92 Å². The van der Waals surface area contributed by atoms with Gasteiger partial charge in [-0.3, -0.25) is 4.98 Å². The smallest absolute Gasteiger partial charge is 0.256 e.